The lowest BCUT2D eigenvalue weighted by Crippen LogP contribution is -2.21. The van der Waals surface area contributed by atoms with Gasteiger partial charge >= 0.3 is 5.97 Å². The number of fused-ring (bicyclic) bond motifs is 1. The minimum atomic E-state index is -0.883. The fraction of sp³-hybridized carbons (Fsp3) is 0.320. The molecule has 1 aliphatic carbocycles. The third kappa shape index (κ3) is 4.10. The first-order valence-corrected chi connectivity index (χ1v) is 10.9. The van der Waals surface area contributed by atoms with Gasteiger partial charge in [-0.3, -0.25) is 0 Å². The second-order valence-electron chi connectivity index (χ2n) is 7.76. The molecule has 0 unspecified atom stereocenters. The minimum Gasteiger partial charge on any atom is -0.478 e. The van der Waals surface area contributed by atoms with Gasteiger partial charge < -0.3 is 5.11 Å². The summed E-state index contributed by atoms with van der Waals surface area (Å²) in [6, 6.07) is 12.1. The van der Waals surface area contributed by atoms with Crippen molar-refractivity contribution in [2.75, 3.05) is 5.75 Å². The Bertz CT molecular complexity index is 951. The highest BCUT2D eigenvalue weighted by molar-refractivity contribution is 8.08. The van der Waals surface area contributed by atoms with Gasteiger partial charge in [0.05, 0.1) is 5.56 Å². The van der Waals surface area contributed by atoms with Crippen molar-refractivity contribution in [1.82, 2.24) is 0 Å². The summed E-state index contributed by atoms with van der Waals surface area (Å²) in [5.41, 5.74) is 6.15. The maximum Gasteiger partial charge on any atom is 0.336 e. The van der Waals surface area contributed by atoms with E-state index in [4.69, 9.17) is 0 Å². The van der Waals surface area contributed by atoms with Crippen LogP contribution in [0, 0.1) is 0 Å². The van der Waals surface area contributed by atoms with E-state index in [1.807, 2.05) is 36.0 Å². The summed E-state index contributed by atoms with van der Waals surface area (Å²) in [5.74, 6) is 0.171. The number of carboxylic acid groups (broad SMARTS) is 1. The Morgan fingerprint density at radius 3 is 2.64 bits per heavy atom. The molecule has 2 aromatic rings. The average Bonchev–Trinajstić information content (AvgIpc) is 2.68. The van der Waals surface area contributed by atoms with Crippen LogP contribution in [-0.2, 0) is 11.8 Å². The highest BCUT2D eigenvalue weighted by atomic mass is 32.2. The van der Waals surface area contributed by atoms with Crippen LogP contribution in [0.25, 0.3) is 17.1 Å². The normalized spacial score (nSPS) is 15.4. The molecule has 1 N–H and O–H groups in total. The van der Waals surface area contributed by atoms with E-state index in [0.29, 0.717) is 5.56 Å². The molecule has 3 rings (SSSR count). The fourth-order valence-electron chi connectivity index (χ4n) is 3.80. The van der Waals surface area contributed by atoms with Gasteiger partial charge in [0, 0.05) is 4.91 Å². The van der Waals surface area contributed by atoms with E-state index in [1.54, 1.807) is 6.07 Å². The zero-order valence-electron chi connectivity index (χ0n) is 17.1. The molecule has 0 radical (unpaired) electrons. The van der Waals surface area contributed by atoms with Crippen LogP contribution in [0.2, 0.25) is 0 Å². The molecule has 0 heterocycles. The molecule has 0 saturated carbocycles. The molecule has 0 aromatic heterocycles. The summed E-state index contributed by atoms with van der Waals surface area (Å²) in [6.07, 6.45) is 8.22. The molecule has 146 valence electrons. The molecular weight excluding hydrogens is 364 g/mol. The number of rotatable bonds is 6. The number of aryl methyl sites for hydroxylation is 1. The van der Waals surface area contributed by atoms with Crippen LogP contribution in [-0.4, -0.2) is 16.8 Å². The molecule has 0 atom stereocenters. The third-order valence-electron chi connectivity index (χ3n) is 5.39. The maximum absolute atomic E-state index is 11.6. The SMILES string of the molecule is CCSC1=CCC(C)(C)c2ccc(C=Cc3c(CC)cccc3C(=O)O)cc21. The van der Waals surface area contributed by atoms with E-state index in [2.05, 4.69) is 52.0 Å². The number of aromatic carboxylic acids is 1. The van der Waals surface area contributed by atoms with Crippen LogP contribution >= 0.6 is 11.8 Å². The Balaban J connectivity index is 2.03. The van der Waals surface area contributed by atoms with Gasteiger partial charge in [-0.2, -0.15) is 0 Å². The summed E-state index contributed by atoms with van der Waals surface area (Å²) in [6.45, 7) is 8.83. The zero-order chi connectivity index (χ0) is 20.3. The van der Waals surface area contributed by atoms with Gasteiger partial charge in [-0.05, 0) is 64.0 Å². The number of thioether (sulfide) groups is 1. The van der Waals surface area contributed by atoms with E-state index in [0.717, 1.165) is 35.3 Å². The molecule has 0 saturated heterocycles. The molecule has 0 aliphatic heterocycles. The highest BCUT2D eigenvalue weighted by Crippen LogP contribution is 2.43. The molecule has 2 nitrogen and oxygen atoms in total. The van der Waals surface area contributed by atoms with E-state index in [9.17, 15) is 9.90 Å². The molecule has 1 aliphatic rings. The smallest absolute Gasteiger partial charge is 0.336 e. The van der Waals surface area contributed by atoms with Gasteiger partial charge in [-0.25, -0.2) is 4.79 Å². The molecule has 0 bridgehead atoms. The number of carbonyl (C=O) groups is 1. The lowest BCUT2D eigenvalue weighted by atomic mass is 9.75. The number of carboxylic acids is 1. The monoisotopic (exact) mass is 392 g/mol. The van der Waals surface area contributed by atoms with E-state index in [1.165, 1.54) is 16.0 Å². The standard InChI is InChI=1S/C25H28O2S/c1-5-18-8-7-9-20(24(26)27)19(18)12-10-17-11-13-22-21(16-17)23(28-6-2)14-15-25(22,3)4/h7-14,16H,5-6,15H2,1-4H3,(H,26,27). The van der Waals surface area contributed by atoms with Crippen molar-refractivity contribution >= 4 is 34.8 Å². The van der Waals surface area contributed by atoms with Gasteiger partial charge in [0.25, 0.3) is 0 Å². The highest BCUT2D eigenvalue weighted by Gasteiger charge is 2.28. The summed E-state index contributed by atoms with van der Waals surface area (Å²) in [4.78, 5) is 13.0. The Morgan fingerprint density at radius 1 is 1.18 bits per heavy atom. The molecule has 0 amide bonds. The van der Waals surface area contributed by atoms with Crippen molar-refractivity contribution in [1.29, 1.82) is 0 Å². The van der Waals surface area contributed by atoms with Crippen LogP contribution in [0.15, 0.2) is 42.5 Å². The Morgan fingerprint density at radius 2 is 1.96 bits per heavy atom. The molecule has 2 aromatic carbocycles. The number of benzene rings is 2. The van der Waals surface area contributed by atoms with Gasteiger partial charge in [0.1, 0.15) is 0 Å². The van der Waals surface area contributed by atoms with Crippen molar-refractivity contribution in [3.05, 3.63) is 75.9 Å². The van der Waals surface area contributed by atoms with Crippen molar-refractivity contribution in [3.8, 4) is 0 Å². The zero-order valence-corrected chi connectivity index (χ0v) is 17.9. The van der Waals surface area contributed by atoms with Crippen molar-refractivity contribution in [3.63, 3.8) is 0 Å². The van der Waals surface area contributed by atoms with Crippen LogP contribution in [0.3, 0.4) is 0 Å². The van der Waals surface area contributed by atoms with Gasteiger partial charge in [-0.15, -0.1) is 11.8 Å². The van der Waals surface area contributed by atoms with Crippen LogP contribution in [0.1, 0.15) is 72.3 Å². The van der Waals surface area contributed by atoms with Crippen molar-refractivity contribution in [2.45, 2.75) is 46.0 Å². The van der Waals surface area contributed by atoms with Crippen LogP contribution in [0.4, 0.5) is 0 Å². The first kappa shape index (κ1) is 20.5. The summed E-state index contributed by atoms with van der Waals surface area (Å²) >= 11 is 1.89. The Hall–Kier alpha value is -2.26. The summed E-state index contributed by atoms with van der Waals surface area (Å²) in [5, 5.41) is 9.55. The van der Waals surface area contributed by atoms with Crippen LogP contribution in [0.5, 0.6) is 0 Å². The Kier molecular flexibility index (Phi) is 6.14. The van der Waals surface area contributed by atoms with Gasteiger partial charge in [0.15, 0.2) is 0 Å². The summed E-state index contributed by atoms with van der Waals surface area (Å²) < 4.78 is 0. The van der Waals surface area contributed by atoms with E-state index in [-0.39, 0.29) is 5.41 Å². The lowest BCUT2D eigenvalue weighted by molar-refractivity contribution is 0.0696. The Labute approximate surface area is 172 Å². The second-order valence-corrected chi connectivity index (χ2v) is 9.07. The van der Waals surface area contributed by atoms with Gasteiger partial charge in [0.2, 0.25) is 0 Å². The number of hydrogen-bond donors (Lipinski definition) is 1. The first-order valence-electron chi connectivity index (χ1n) is 9.88. The first-order chi connectivity index (χ1) is 13.4. The molecule has 0 fully saturated rings. The predicted octanol–water partition coefficient (Wildman–Crippen LogP) is 6.89. The average molecular weight is 393 g/mol. The van der Waals surface area contributed by atoms with Crippen molar-refractivity contribution in [2.24, 2.45) is 0 Å². The molecular formula is C25H28O2S. The lowest BCUT2D eigenvalue weighted by Gasteiger charge is -2.32. The van der Waals surface area contributed by atoms with E-state index < -0.39 is 5.97 Å². The third-order valence-corrected chi connectivity index (χ3v) is 6.37. The maximum atomic E-state index is 11.6. The van der Waals surface area contributed by atoms with E-state index >= 15 is 0 Å². The van der Waals surface area contributed by atoms with Crippen LogP contribution < -0.4 is 0 Å². The molecule has 28 heavy (non-hydrogen) atoms. The predicted molar refractivity (Wildman–Crippen MR) is 122 cm³/mol. The topological polar surface area (TPSA) is 37.3 Å². The van der Waals surface area contributed by atoms with Crippen molar-refractivity contribution < 1.29 is 9.90 Å². The number of allylic oxidation sites excluding steroid dienone is 1. The largest absolute Gasteiger partial charge is 0.478 e. The molecule has 0 spiro atoms. The second kappa shape index (κ2) is 8.40. The minimum absolute atomic E-state index is 0.140. The summed E-state index contributed by atoms with van der Waals surface area (Å²) in [7, 11) is 0. The fourth-order valence-corrected chi connectivity index (χ4v) is 4.64. The quantitative estimate of drug-likeness (QED) is 0.544. The number of hydrogen-bond acceptors (Lipinski definition) is 2. The van der Waals surface area contributed by atoms with Gasteiger partial charge in [-0.1, -0.05) is 70.2 Å². The molecule has 3 heteroatoms.